The van der Waals surface area contributed by atoms with Gasteiger partial charge in [-0.3, -0.25) is 9.48 Å². The summed E-state index contributed by atoms with van der Waals surface area (Å²) in [5.74, 6) is -0.197. The summed E-state index contributed by atoms with van der Waals surface area (Å²) >= 11 is 0. The predicted molar refractivity (Wildman–Crippen MR) is 81.1 cm³/mol. The van der Waals surface area contributed by atoms with Crippen molar-refractivity contribution in [3.63, 3.8) is 0 Å². The highest BCUT2D eigenvalue weighted by atomic mass is 16.3. The van der Waals surface area contributed by atoms with Crippen LogP contribution in [0.25, 0.3) is 10.9 Å². The fourth-order valence-electron chi connectivity index (χ4n) is 3.07. The van der Waals surface area contributed by atoms with E-state index in [0.29, 0.717) is 5.69 Å². The van der Waals surface area contributed by atoms with Crippen LogP contribution in [0.3, 0.4) is 0 Å². The number of rotatable bonds is 2. The molecule has 3 rings (SSSR count). The molecule has 0 aliphatic heterocycles. The number of benzene rings is 1. The largest absolute Gasteiger partial charge is 0.391 e. The summed E-state index contributed by atoms with van der Waals surface area (Å²) in [6, 6.07) is 7.52. The molecule has 1 aliphatic rings. The van der Waals surface area contributed by atoms with Crippen LogP contribution in [0.5, 0.6) is 0 Å². The number of hydrogen-bond acceptors (Lipinski definition) is 3. The van der Waals surface area contributed by atoms with Crippen LogP contribution < -0.4 is 5.32 Å². The molecule has 1 heterocycles. The lowest BCUT2D eigenvalue weighted by atomic mass is 10.1. The van der Waals surface area contributed by atoms with Gasteiger partial charge < -0.3 is 10.4 Å². The van der Waals surface area contributed by atoms with E-state index in [9.17, 15) is 9.90 Å². The van der Waals surface area contributed by atoms with Gasteiger partial charge in [-0.1, -0.05) is 37.5 Å². The van der Waals surface area contributed by atoms with E-state index in [-0.39, 0.29) is 11.9 Å². The number of nitrogens with zero attached hydrogens (tertiary/aromatic N) is 2. The summed E-state index contributed by atoms with van der Waals surface area (Å²) < 4.78 is 1.72. The van der Waals surface area contributed by atoms with Gasteiger partial charge in [0.05, 0.1) is 17.7 Å². The average Bonchev–Trinajstić information content (AvgIpc) is 2.69. The number of fused-ring (bicyclic) bond motifs is 1. The summed E-state index contributed by atoms with van der Waals surface area (Å²) in [7, 11) is 1.83. The number of amides is 1. The first-order valence-electron chi connectivity index (χ1n) is 7.57. The van der Waals surface area contributed by atoms with Gasteiger partial charge in [0.2, 0.25) is 0 Å². The maximum absolute atomic E-state index is 12.5. The molecule has 2 atom stereocenters. The molecule has 1 fully saturated rings. The minimum atomic E-state index is -0.452. The number of para-hydroxylation sites is 1. The number of carbonyl (C=O) groups excluding carboxylic acids is 1. The molecule has 2 N–H and O–H groups in total. The lowest BCUT2D eigenvalue weighted by molar-refractivity contribution is 0.0815. The van der Waals surface area contributed by atoms with Crippen LogP contribution in [0.2, 0.25) is 0 Å². The van der Waals surface area contributed by atoms with E-state index in [4.69, 9.17) is 0 Å². The van der Waals surface area contributed by atoms with Crippen molar-refractivity contribution in [2.45, 2.75) is 44.2 Å². The highest BCUT2D eigenvalue weighted by Gasteiger charge is 2.25. The monoisotopic (exact) mass is 287 g/mol. The second-order valence-electron chi connectivity index (χ2n) is 5.77. The Morgan fingerprint density at radius 1 is 1.29 bits per heavy atom. The van der Waals surface area contributed by atoms with Crippen molar-refractivity contribution in [2.75, 3.05) is 0 Å². The molecule has 2 unspecified atom stereocenters. The third-order valence-electron chi connectivity index (χ3n) is 4.27. The molecule has 0 spiro atoms. The van der Waals surface area contributed by atoms with Crippen molar-refractivity contribution >= 4 is 16.8 Å². The number of aromatic nitrogens is 2. The second-order valence-corrected chi connectivity index (χ2v) is 5.77. The lowest BCUT2D eigenvalue weighted by Gasteiger charge is -2.21. The fraction of sp³-hybridized carbons (Fsp3) is 0.500. The van der Waals surface area contributed by atoms with Crippen LogP contribution in [0.1, 0.15) is 42.6 Å². The van der Waals surface area contributed by atoms with Crippen LogP contribution in [-0.2, 0) is 7.05 Å². The Morgan fingerprint density at radius 2 is 2.05 bits per heavy atom. The molecular formula is C16H21N3O2. The second kappa shape index (κ2) is 5.85. The molecule has 1 saturated carbocycles. The molecule has 1 aliphatic carbocycles. The van der Waals surface area contributed by atoms with Crippen molar-refractivity contribution in [3.8, 4) is 0 Å². The van der Waals surface area contributed by atoms with Crippen LogP contribution >= 0.6 is 0 Å². The minimum Gasteiger partial charge on any atom is -0.391 e. The Bertz CT molecular complexity index is 650. The van der Waals surface area contributed by atoms with E-state index >= 15 is 0 Å². The van der Waals surface area contributed by atoms with Gasteiger partial charge in [-0.05, 0) is 18.9 Å². The average molecular weight is 287 g/mol. The van der Waals surface area contributed by atoms with Gasteiger partial charge >= 0.3 is 0 Å². The van der Waals surface area contributed by atoms with E-state index in [1.165, 1.54) is 0 Å². The summed E-state index contributed by atoms with van der Waals surface area (Å²) in [5.41, 5.74) is 1.37. The normalized spacial score (nSPS) is 23.0. The van der Waals surface area contributed by atoms with Crippen molar-refractivity contribution in [1.82, 2.24) is 15.1 Å². The summed E-state index contributed by atoms with van der Waals surface area (Å²) in [6.45, 7) is 0. The maximum atomic E-state index is 12.5. The SMILES string of the molecule is Cn1nc(C(=O)NC2CCCCCC2O)c2ccccc21. The molecule has 5 heteroatoms. The van der Waals surface area contributed by atoms with Gasteiger partial charge in [0.1, 0.15) is 0 Å². The maximum Gasteiger partial charge on any atom is 0.272 e. The van der Waals surface area contributed by atoms with Gasteiger partial charge in [-0.25, -0.2) is 0 Å². The summed E-state index contributed by atoms with van der Waals surface area (Å²) in [4.78, 5) is 12.5. The van der Waals surface area contributed by atoms with Crippen molar-refractivity contribution in [1.29, 1.82) is 0 Å². The third kappa shape index (κ3) is 2.78. The van der Waals surface area contributed by atoms with E-state index in [0.717, 1.165) is 43.0 Å². The zero-order chi connectivity index (χ0) is 14.8. The molecule has 1 aromatic heterocycles. The molecule has 0 saturated heterocycles. The number of nitrogens with one attached hydrogen (secondary N) is 1. The van der Waals surface area contributed by atoms with Gasteiger partial charge in [-0.15, -0.1) is 0 Å². The molecule has 1 amide bonds. The molecule has 21 heavy (non-hydrogen) atoms. The van der Waals surface area contributed by atoms with Gasteiger partial charge in [0, 0.05) is 12.4 Å². The van der Waals surface area contributed by atoms with Crippen molar-refractivity contribution < 1.29 is 9.90 Å². The van der Waals surface area contributed by atoms with E-state index in [2.05, 4.69) is 10.4 Å². The van der Waals surface area contributed by atoms with Gasteiger partial charge in [-0.2, -0.15) is 5.10 Å². The number of hydrogen-bond donors (Lipinski definition) is 2. The highest BCUT2D eigenvalue weighted by Crippen LogP contribution is 2.20. The molecule has 2 aromatic rings. The molecule has 0 bridgehead atoms. The highest BCUT2D eigenvalue weighted by molar-refractivity contribution is 6.04. The lowest BCUT2D eigenvalue weighted by Crippen LogP contribution is -2.42. The van der Waals surface area contributed by atoms with Crippen LogP contribution in [0.4, 0.5) is 0 Å². The standard InChI is InChI=1S/C16H21N3O2/c1-19-13-9-6-5-7-11(13)15(18-19)16(21)17-12-8-3-2-4-10-14(12)20/h5-7,9,12,14,20H,2-4,8,10H2,1H3,(H,17,21). The first-order chi connectivity index (χ1) is 10.2. The van der Waals surface area contributed by atoms with Crippen LogP contribution in [0.15, 0.2) is 24.3 Å². The number of aliphatic hydroxyl groups is 1. The number of aliphatic hydroxyl groups excluding tert-OH is 1. The fourth-order valence-corrected chi connectivity index (χ4v) is 3.07. The molecular weight excluding hydrogens is 266 g/mol. The third-order valence-corrected chi connectivity index (χ3v) is 4.27. The topological polar surface area (TPSA) is 67.2 Å². The smallest absolute Gasteiger partial charge is 0.272 e. The predicted octanol–water partition coefficient (Wildman–Crippen LogP) is 2.00. The van der Waals surface area contributed by atoms with E-state index in [1.807, 2.05) is 31.3 Å². The molecule has 112 valence electrons. The Kier molecular flexibility index (Phi) is 3.92. The summed E-state index contributed by atoms with van der Waals surface area (Å²) in [6.07, 6.45) is 4.33. The van der Waals surface area contributed by atoms with Crippen molar-refractivity contribution in [2.24, 2.45) is 7.05 Å². The molecule has 5 nitrogen and oxygen atoms in total. The molecule has 1 aromatic carbocycles. The van der Waals surface area contributed by atoms with Gasteiger partial charge in [0.25, 0.3) is 5.91 Å². The Balaban J connectivity index is 1.83. The Hall–Kier alpha value is -1.88. The first-order valence-corrected chi connectivity index (χ1v) is 7.57. The van der Waals surface area contributed by atoms with Gasteiger partial charge in [0.15, 0.2) is 5.69 Å². The van der Waals surface area contributed by atoms with Crippen molar-refractivity contribution in [3.05, 3.63) is 30.0 Å². The number of carbonyl (C=O) groups is 1. The Morgan fingerprint density at radius 3 is 2.90 bits per heavy atom. The quantitative estimate of drug-likeness (QED) is 0.830. The van der Waals surface area contributed by atoms with E-state index in [1.54, 1.807) is 4.68 Å². The van der Waals surface area contributed by atoms with E-state index < -0.39 is 6.10 Å². The zero-order valence-electron chi connectivity index (χ0n) is 12.2. The summed E-state index contributed by atoms with van der Waals surface area (Å²) in [5, 5.41) is 18.3. The van der Waals surface area contributed by atoms with Crippen LogP contribution in [-0.4, -0.2) is 32.9 Å². The first kappa shape index (κ1) is 14.1. The molecule has 0 radical (unpaired) electrons. The minimum absolute atomic E-state index is 0.166. The zero-order valence-corrected chi connectivity index (χ0v) is 12.2. The number of aryl methyl sites for hydroxylation is 1. The Labute approximate surface area is 124 Å². The van der Waals surface area contributed by atoms with Crippen LogP contribution in [0, 0.1) is 0 Å².